The van der Waals surface area contributed by atoms with Gasteiger partial charge in [-0.25, -0.2) is 9.59 Å². The number of benzene rings is 1. The number of carbonyl (C=O) groups is 2. The molecule has 92 valence electrons. The van der Waals surface area contributed by atoms with Gasteiger partial charge >= 0.3 is 11.9 Å². The summed E-state index contributed by atoms with van der Waals surface area (Å²) in [4.78, 5) is 23.8. The summed E-state index contributed by atoms with van der Waals surface area (Å²) in [5.74, 6) is -2.49. The molecule has 0 aliphatic carbocycles. The number of hydrogen-bond donors (Lipinski definition) is 2. The van der Waals surface area contributed by atoms with Crippen LogP contribution in [-0.2, 0) is 0 Å². The number of allylic oxidation sites excluding steroid dienone is 2. The number of aromatic carboxylic acids is 2. The summed E-state index contributed by atoms with van der Waals surface area (Å²) in [6, 6.07) is 4.28. The predicted octanol–water partition coefficient (Wildman–Crippen LogP) is 1.97. The van der Waals surface area contributed by atoms with Gasteiger partial charge in [-0.3, -0.25) is 0 Å². The highest BCUT2D eigenvalue weighted by Gasteiger charge is 2.17. The van der Waals surface area contributed by atoms with Crippen molar-refractivity contribution in [2.45, 2.75) is 0 Å². The van der Waals surface area contributed by atoms with E-state index in [-0.39, 0.29) is 11.1 Å². The molecule has 1 aliphatic heterocycles. The molecule has 0 aromatic heterocycles. The summed E-state index contributed by atoms with van der Waals surface area (Å²) in [5, 5.41) is 17.9. The lowest BCUT2D eigenvalue weighted by Gasteiger charge is -2.21. The van der Waals surface area contributed by atoms with Crippen LogP contribution in [0.4, 0.5) is 5.69 Å². The Hall–Kier alpha value is -2.56. The first-order valence-electron chi connectivity index (χ1n) is 5.30. The summed E-state index contributed by atoms with van der Waals surface area (Å²) < 4.78 is 0. The summed E-state index contributed by atoms with van der Waals surface area (Å²) in [6.45, 7) is 0.627. The Morgan fingerprint density at radius 3 is 2.33 bits per heavy atom. The van der Waals surface area contributed by atoms with Crippen LogP contribution in [0.1, 0.15) is 20.7 Å². The highest BCUT2D eigenvalue weighted by Crippen LogP contribution is 2.21. The first-order chi connectivity index (χ1) is 8.59. The third-order valence-corrected chi connectivity index (χ3v) is 2.61. The van der Waals surface area contributed by atoms with Gasteiger partial charge in [0.25, 0.3) is 0 Å². The van der Waals surface area contributed by atoms with Crippen LogP contribution in [0.25, 0.3) is 0 Å². The van der Waals surface area contributed by atoms with E-state index in [0.29, 0.717) is 12.2 Å². The van der Waals surface area contributed by atoms with Crippen LogP contribution in [0.2, 0.25) is 0 Å². The molecule has 0 spiro atoms. The Morgan fingerprint density at radius 2 is 1.78 bits per heavy atom. The minimum Gasteiger partial charge on any atom is -0.478 e. The summed E-state index contributed by atoms with van der Waals surface area (Å²) in [6.07, 6.45) is 7.45. The van der Waals surface area contributed by atoms with E-state index in [0.717, 1.165) is 0 Å². The van der Waals surface area contributed by atoms with Crippen LogP contribution in [0, 0.1) is 0 Å². The molecule has 0 saturated heterocycles. The maximum atomic E-state index is 11.0. The van der Waals surface area contributed by atoms with Crippen molar-refractivity contribution in [3.8, 4) is 0 Å². The number of anilines is 1. The molecular weight excluding hydrogens is 234 g/mol. The van der Waals surface area contributed by atoms with E-state index in [1.165, 1.54) is 12.1 Å². The monoisotopic (exact) mass is 245 g/mol. The van der Waals surface area contributed by atoms with E-state index < -0.39 is 11.9 Å². The van der Waals surface area contributed by atoms with Gasteiger partial charge in [-0.05, 0) is 24.3 Å². The van der Waals surface area contributed by atoms with Crippen LogP contribution in [-0.4, -0.2) is 28.7 Å². The SMILES string of the molecule is O=C(O)c1ccc(N2C=CC=CC2)cc1C(=O)O. The lowest BCUT2D eigenvalue weighted by Crippen LogP contribution is -2.18. The van der Waals surface area contributed by atoms with Crippen LogP contribution in [0.3, 0.4) is 0 Å². The van der Waals surface area contributed by atoms with E-state index in [9.17, 15) is 9.59 Å². The summed E-state index contributed by atoms with van der Waals surface area (Å²) in [7, 11) is 0. The minimum absolute atomic E-state index is 0.206. The fraction of sp³-hybridized carbons (Fsp3) is 0.0769. The molecule has 0 bridgehead atoms. The van der Waals surface area contributed by atoms with Gasteiger partial charge in [0.1, 0.15) is 0 Å². The molecule has 0 radical (unpaired) electrons. The molecular formula is C13H11NO4. The van der Waals surface area contributed by atoms with E-state index >= 15 is 0 Å². The van der Waals surface area contributed by atoms with Crippen LogP contribution < -0.4 is 4.90 Å². The average Bonchev–Trinajstić information content (AvgIpc) is 2.39. The molecule has 1 aliphatic rings. The van der Waals surface area contributed by atoms with Crippen molar-refractivity contribution >= 4 is 17.6 Å². The molecule has 18 heavy (non-hydrogen) atoms. The van der Waals surface area contributed by atoms with E-state index in [1.54, 1.807) is 12.3 Å². The minimum atomic E-state index is -1.24. The maximum absolute atomic E-state index is 11.0. The highest BCUT2D eigenvalue weighted by molar-refractivity contribution is 6.02. The molecule has 1 aromatic rings. The number of rotatable bonds is 3. The van der Waals surface area contributed by atoms with E-state index in [2.05, 4.69) is 0 Å². The predicted molar refractivity (Wildman–Crippen MR) is 66.0 cm³/mol. The standard InChI is InChI=1S/C13H11NO4/c15-12(16)10-5-4-9(8-11(10)13(17)18)14-6-2-1-3-7-14/h1-6,8H,7H2,(H,15,16)(H,17,18). The third-order valence-electron chi connectivity index (χ3n) is 2.61. The normalized spacial score (nSPS) is 13.7. The van der Waals surface area contributed by atoms with Crippen LogP contribution in [0.15, 0.2) is 42.6 Å². The molecule has 5 nitrogen and oxygen atoms in total. The highest BCUT2D eigenvalue weighted by atomic mass is 16.4. The van der Waals surface area contributed by atoms with E-state index in [1.807, 2.05) is 23.1 Å². The summed E-state index contributed by atoms with van der Waals surface area (Å²) >= 11 is 0. The lowest BCUT2D eigenvalue weighted by atomic mass is 10.1. The molecule has 0 atom stereocenters. The zero-order valence-corrected chi connectivity index (χ0v) is 9.41. The second-order valence-corrected chi connectivity index (χ2v) is 3.76. The Bertz CT molecular complexity index is 560. The van der Waals surface area contributed by atoms with Crippen molar-refractivity contribution in [3.63, 3.8) is 0 Å². The fourth-order valence-corrected chi connectivity index (χ4v) is 1.73. The van der Waals surface area contributed by atoms with Crippen molar-refractivity contribution in [2.24, 2.45) is 0 Å². The first kappa shape index (κ1) is 11.9. The van der Waals surface area contributed by atoms with Crippen LogP contribution in [0.5, 0.6) is 0 Å². The molecule has 2 rings (SSSR count). The van der Waals surface area contributed by atoms with Crippen molar-refractivity contribution in [3.05, 3.63) is 53.8 Å². The Balaban J connectivity index is 2.43. The molecule has 2 N–H and O–H groups in total. The van der Waals surface area contributed by atoms with E-state index in [4.69, 9.17) is 10.2 Å². The van der Waals surface area contributed by atoms with Gasteiger partial charge in [-0.2, -0.15) is 0 Å². The fourth-order valence-electron chi connectivity index (χ4n) is 1.73. The quantitative estimate of drug-likeness (QED) is 0.851. The number of carboxylic acids is 2. The lowest BCUT2D eigenvalue weighted by molar-refractivity contribution is 0.0651. The molecule has 1 heterocycles. The zero-order valence-electron chi connectivity index (χ0n) is 9.41. The van der Waals surface area contributed by atoms with Gasteiger partial charge in [-0.15, -0.1) is 0 Å². The van der Waals surface area contributed by atoms with Crippen molar-refractivity contribution in [1.82, 2.24) is 0 Å². The van der Waals surface area contributed by atoms with Crippen molar-refractivity contribution in [2.75, 3.05) is 11.4 Å². The average molecular weight is 245 g/mol. The van der Waals surface area contributed by atoms with Crippen molar-refractivity contribution < 1.29 is 19.8 Å². The molecule has 5 heteroatoms. The van der Waals surface area contributed by atoms with Gasteiger partial charge in [0, 0.05) is 18.4 Å². The van der Waals surface area contributed by atoms with Gasteiger partial charge in [-0.1, -0.05) is 12.2 Å². The Labute approximate surface area is 103 Å². The molecule has 0 saturated carbocycles. The van der Waals surface area contributed by atoms with Crippen LogP contribution >= 0.6 is 0 Å². The molecule has 0 fully saturated rings. The van der Waals surface area contributed by atoms with Gasteiger partial charge in [0.2, 0.25) is 0 Å². The largest absolute Gasteiger partial charge is 0.478 e. The third kappa shape index (κ3) is 2.24. The first-order valence-corrected chi connectivity index (χ1v) is 5.30. The van der Waals surface area contributed by atoms with Gasteiger partial charge in [0.15, 0.2) is 0 Å². The number of carboxylic acid groups (broad SMARTS) is 2. The topological polar surface area (TPSA) is 77.8 Å². The molecule has 1 aromatic carbocycles. The summed E-state index contributed by atoms with van der Waals surface area (Å²) in [5.41, 5.74) is 0.240. The number of hydrogen-bond acceptors (Lipinski definition) is 3. The molecule has 0 amide bonds. The van der Waals surface area contributed by atoms with Gasteiger partial charge in [0.05, 0.1) is 11.1 Å². The Kier molecular flexibility index (Phi) is 3.14. The Morgan fingerprint density at radius 1 is 1.06 bits per heavy atom. The second kappa shape index (κ2) is 4.75. The smallest absolute Gasteiger partial charge is 0.336 e. The van der Waals surface area contributed by atoms with Crippen molar-refractivity contribution in [1.29, 1.82) is 0 Å². The zero-order chi connectivity index (χ0) is 13.1. The molecule has 0 unspecified atom stereocenters. The van der Waals surface area contributed by atoms with Gasteiger partial charge < -0.3 is 15.1 Å². The second-order valence-electron chi connectivity index (χ2n) is 3.76. The number of nitrogens with zero attached hydrogens (tertiary/aromatic N) is 1. The maximum Gasteiger partial charge on any atom is 0.336 e.